The molecular formula is C8H13F3N2O. The molecule has 1 rings (SSSR count). The Morgan fingerprint density at radius 2 is 1.93 bits per heavy atom. The Bertz CT molecular complexity index is 221. The number of amides is 1. The standard InChI is InChI=1S/C8H13F3N2O/c1-12(2)3-6-4-13(5-6)7(14)8(9,10)11/h6H,3-5H2,1-2H3. The van der Waals surface area contributed by atoms with Crippen molar-refractivity contribution in [3.05, 3.63) is 0 Å². The minimum absolute atomic E-state index is 0.177. The van der Waals surface area contributed by atoms with Crippen LogP contribution in [0, 0.1) is 5.92 Å². The molecule has 1 aliphatic rings. The van der Waals surface area contributed by atoms with Crippen LogP contribution in [0.2, 0.25) is 0 Å². The third-order valence-corrected chi connectivity index (χ3v) is 2.11. The molecule has 1 fully saturated rings. The van der Waals surface area contributed by atoms with E-state index in [-0.39, 0.29) is 19.0 Å². The minimum Gasteiger partial charge on any atom is -0.334 e. The molecule has 1 heterocycles. The van der Waals surface area contributed by atoms with Crippen LogP contribution < -0.4 is 0 Å². The van der Waals surface area contributed by atoms with Crippen molar-refractivity contribution in [1.29, 1.82) is 0 Å². The summed E-state index contributed by atoms with van der Waals surface area (Å²) in [5.41, 5.74) is 0. The Morgan fingerprint density at radius 1 is 1.43 bits per heavy atom. The monoisotopic (exact) mass is 210 g/mol. The zero-order valence-electron chi connectivity index (χ0n) is 8.14. The van der Waals surface area contributed by atoms with Gasteiger partial charge in [-0.25, -0.2) is 0 Å². The number of halogens is 3. The summed E-state index contributed by atoms with van der Waals surface area (Å²) < 4.78 is 35.7. The van der Waals surface area contributed by atoms with Crippen molar-refractivity contribution >= 4 is 5.91 Å². The van der Waals surface area contributed by atoms with E-state index in [2.05, 4.69) is 0 Å². The van der Waals surface area contributed by atoms with Crippen molar-refractivity contribution in [1.82, 2.24) is 9.80 Å². The van der Waals surface area contributed by atoms with E-state index in [1.165, 1.54) is 0 Å². The third kappa shape index (κ3) is 2.60. The summed E-state index contributed by atoms with van der Waals surface area (Å²) >= 11 is 0. The quantitative estimate of drug-likeness (QED) is 0.665. The Morgan fingerprint density at radius 3 is 2.29 bits per heavy atom. The van der Waals surface area contributed by atoms with E-state index in [9.17, 15) is 18.0 Å². The number of nitrogens with zero attached hydrogens (tertiary/aromatic N) is 2. The van der Waals surface area contributed by atoms with Gasteiger partial charge in [-0.3, -0.25) is 4.79 Å². The van der Waals surface area contributed by atoms with Gasteiger partial charge in [0.15, 0.2) is 0 Å². The Labute approximate surface area is 80.5 Å². The fourth-order valence-corrected chi connectivity index (χ4v) is 1.55. The highest BCUT2D eigenvalue weighted by molar-refractivity contribution is 5.82. The fraction of sp³-hybridized carbons (Fsp3) is 0.875. The molecule has 0 N–H and O–H groups in total. The highest BCUT2D eigenvalue weighted by atomic mass is 19.4. The van der Waals surface area contributed by atoms with E-state index >= 15 is 0 Å². The second kappa shape index (κ2) is 3.76. The zero-order valence-corrected chi connectivity index (χ0v) is 8.14. The van der Waals surface area contributed by atoms with Crippen LogP contribution in [0.15, 0.2) is 0 Å². The van der Waals surface area contributed by atoms with E-state index in [0.29, 0.717) is 0 Å². The lowest BCUT2D eigenvalue weighted by Gasteiger charge is -2.40. The molecule has 0 saturated carbocycles. The molecule has 3 nitrogen and oxygen atoms in total. The number of carbonyl (C=O) groups is 1. The second-order valence-electron chi connectivity index (χ2n) is 3.84. The molecule has 0 radical (unpaired) electrons. The minimum atomic E-state index is -4.72. The maximum atomic E-state index is 11.9. The average Bonchev–Trinajstić information content (AvgIpc) is 1.92. The van der Waals surface area contributed by atoms with Crippen LogP contribution >= 0.6 is 0 Å². The van der Waals surface area contributed by atoms with Crippen LogP contribution in [-0.4, -0.2) is 55.6 Å². The van der Waals surface area contributed by atoms with E-state index in [1.807, 2.05) is 19.0 Å². The first kappa shape index (κ1) is 11.3. The highest BCUT2D eigenvalue weighted by Crippen LogP contribution is 2.24. The molecular weight excluding hydrogens is 197 g/mol. The van der Waals surface area contributed by atoms with Crippen LogP contribution in [0.5, 0.6) is 0 Å². The lowest BCUT2D eigenvalue weighted by Crippen LogP contribution is -2.56. The molecule has 0 aromatic heterocycles. The van der Waals surface area contributed by atoms with Gasteiger partial charge >= 0.3 is 12.1 Å². The summed E-state index contributed by atoms with van der Waals surface area (Å²) in [5, 5.41) is 0. The molecule has 0 aromatic rings. The van der Waals surface area contributed by atoms with Crippen molar-refractivity contribution < 1.29 is 18.0 Å². The van der Waals surface area contributed by atoms with Gasteiger partial charge in [0.25, 0.3) is 0 Å². The molecule has 0 aliphatic carbocycles. The molecule has 82 valence electrons. The molecule has 0 bridgehead atoms. The molecule has 1 aliphatic heterocycles. The summed E-state index contributed by atoms with van der Waals surface area (Å²) in [6.07, 6.45) is -4.72. The molecule has 6 heteroatoms. The van der Waals surface area contributed by atoms with Crippen LogP contribution in [0.1, 0.15) is 0 Å². The molecule has 14 heavy (non-hydrogen) atoms. The molecule has 1 saturated heterocycles. The Kier molecular flexibility index (Phi) is 3.04. The number of hydrogen-bond acceptors (Lipinski definition) is 2. The average molecular weight is 210 g/mol. The van der Waals surface area contributed by atoms with Gasteiger partial charge in [0, 0.05) is 25.6 Å². The van der Waals surface area contributed by atoms with Gasteiger partial charge in [0.1, 0.15) is 0 Å². The zero-order chi connectivity index (χ0) is 10.9. The van der Waals surface area contributed by atoms with Crippen molar-refractivity contribution in [2.45, 2.75) is 6.18 Å². The Balaban J connectivity index is 2.31. The van der Waals surface area contributed by atoms with E-state index in [1.54, 1.807) is 0 Å². The SMILES string of the molecule is CN(C)CC1CN(C(=O)C(F)(F)F)C1. The first-order valence-corrected chi connectivity index (χ1v) is 4.31. The number of hydrogen-bond donors (Lipinski definition) is 0. The lowest BCUT2D eigenvalue weighted by atomic mass is 10.00. The highest BCUT2D eigenvalue weighted by Gasteiger charge is 2.46. The van der Waals surface area contributed by atoms with Crippen molar-refractivity contribution in [3.63, 3.8) is 0 Å². The van der Waals surface area contributed by atoms with Crippen LogP contribution in [0.25, 0.3) is 0 Å². The largest absolute Gasteiger partial charge is 0.471 e. The smallest absolute Gasteiger partial charge is 0.334 e. The molecule has 0 unspecified atom stereocenters. The summed E-state index contributed by atoms with van der Waals surface area (Å²) in [5.74, 6) is -1.54. The Hall–Kier alpha value is -0.780. The predicted molar refractivity (Wildman–Crippen MR) is 44.7 cm³/mol. The first-order valence-electron chi connectivity index (χ1n) is 4.31. The first-order chi connectivity index (χ1) is 6.30. The molecule has 0 spiro atoms. The summed E-state index contributed by atoms with van der Waals surface area (Å²) in [6.45, 7) is 1.16. The number of carbonyl (C=O) groups excluding carboxylic acids is 1. The van der Waals surface area contributed by atoms with Gasteiger partial charge in [-0.2, -0.15) is 13.2 Å². The van der Waals surface area contributed by atoms with Crippen molar-refractivity contribution in [2.24, 2.45) is 5.92 Å². The van der Waals surface area contributed by atoms with E-state index < -0.39 is 12.1 Å². The summed E-state index contributed by atoms with van der Waals surface area (Å²) in [6, 6.07) is 0. The molecule has 0 atom stereocenters. The van der Waals surface area contributed by atoms with E-state index in [0.717, 1.165) is 11.4 Å². The number of rotatable bonds is 2. The van der Waals surface area contributed by atoms with Gasteiger partial charge in [0.2, 0.25) is 0 Å². The predicted octanol–water partition coefficient (Wildman–Crippen LogP) is 0.569. The number of likely N-dealkylation sites (tertiary alicyclic amines) is 1. The number of alkyl halides is 3. The van der Waals surface area contributed by atoms with Crippen LogP contribution in [0.3, 0.4) is 0 Å². The molecule has 0 aromatic carbocycles. The third-order valence-electron chi connectivity index (χ3n) is 2.11. The van der Waals surface area contributed by atoms with Gasteiger partial charge in [0.05, 0.1) is 0 Å². The van der Waals surface area contributed by atoms with Gasteiger partial charge in [-0.05, 0) is 14.1 Å². The topological polar surface area (TPSA) is 23.6 Å². The fourth-order valence-electron chi connectivity index (χ4n) is 1.55. The van der Waals surface area contributed by atoms with Crippen LogP contribution in [-0.2, 0) is 4.79 Å². The molecule has 1 amide bonds. The van der Waals surface area contributed by atoms with Crippen LogP contribution in [0.4, 0.5) is 13.2 Å². The maximum absolute atomic E-state index is 11.9. The van der Waals surface area contributed by atoms with Gasteiger partial charge in [-0.1, -0.05) is 0 Å². The maximum Gasteiger partial charge on any atom is 0.471 e. The van der Waals surface area contributed by atoms with Crippen molar-refractivity contribution in [2.75, 3.05) is 33.7 Å². The van der Waals surface area contributed by atoms with Crippen molar-refractivity contribution in [3.8, 4) is 0 Å². The second-order valence-corrected chi connectivity index (χ2v) is 3.84. The summed E-state index contributed by atoms with van der Waals surface area (Å²) in [4.78, 5) is 13.4. The van der Waals surface area contributed by atoms with Gasteiger partial charge in [-0.15, -0.1) is 0 Å². The van der Waals surface area contributed by atoms with E-state index in [4.69, 9.17) is 0 Å². The summed E-state index contributed by atoms with van der Waals surface area (Å²) in [7, 11) is 3.71. The van der Waals surface area contributed by atoms with Gasteiger partial charge < -0.3 is 9.80 Å². The lowest BCUT2D eigenvalue weighted by molar-refractivity contribution is -0.191. The normalized spacial score (nSPS) is 18.6.